The van der Waals surface area contributed by atoms with Crippen LogP contribution in [-0.2, 0) is 6.42 Å². The summed E-state index contributed by atoms with van der Waals surface area (Å²) in [4.78, 5) is 12.0. The fraction of sp³-hybridized carbons (Fsp3) is 0.235. The van der Waals surface area contributed by atoms with Gasteiger partial charge in [-0.1, -0.05) is 23.7 Å². The average molecular weight is 337 g/mol. The van der Waals surface area contributed by atoms with E-state index in [0.29, 0.717) is 29.4 Å². The summed E-state index contributed by atoms with van der Waals surface area (Å²) in [5, 5.41) is 6.05. The van der Waals surface area contributed by atoms with E-state index in [4.69, 9.17) is 16.3 Å². The van der Waals surface area contributed by atoms with E-state index in [9.17, 15) is 9.18 Å². The lowest BCUT2D eigenvalue weighted by molar-refractivity contribution is 0.252. The second kappa shape index (κ2) is 7.83. The van der Waals surface area contributed by atoms with Gasteiger partial charge in [0.1, 0.15) is 11.6 Å². The fourth-order valence-corrected chi connectivity index (χ4v) is 2.22. The van der Waals surface area contributed by atoms with E-state index in [0.717, 1.165) is 11.1 Å². The van der Waals surface area contributed by atoms with Crippen LogP contribution in [0.2, 0.25) is 5.02 Å². The summed E-state index contributed by atoms with van der Waals surface area (Å²) in [6.45, 7) is 2.28. The van der Waals surface area contributed by atoms with E-state index >= 15 is 0 Å². The molecule has 0 bridgehead atoms. The Morgan fingerprint density at radius 2 is 1.96 bits per heavy atom. The molecule has 2 aromatic rings. The van der Waals surface area contributed by atoms with Crippen molar-refractivity contribution in [1.82, 2.24) is 5.32 Å². The molecule has 0 heterocycles. The minimum atomic E-state index is -0.341. The lowest BCUT2D eigenvalue weighted by atomic mass is 10.1. The maximum atomic E-state index is 12.8. The third-order valence-corrected chi connectivity index (χ3v) is 3.75. The number of rotatable bonds is 5. The van der Waals surface area contributed by atoms with Crippen LogP contribution in [0.5, 0.6) is 5.75 Å². The first kappa shape index (κ1) is 17.1. The van der Waals surface area contributed by atoms with Crippen molar-refractivity contribution in [1.29, 1.82) is 0 Å². The molecule has 0 spiro atoms. The van der Waals surface area contributed by atoms with E-state index in [1.165, 1.54) is 19.2 Å². The van der Waals surface area contributed by atoms with Gasteiger partial charge in [0.05, 0.1) is 12.8 Å². The second-order valence-electron chi connectivity index (χ2n) is 5.06. The summed E-state index contributed by atoms with van der Waals surface area (Å²) in [5.74, 6) is 0.221. The van der Waals surface area contributed by atoms with Crippen LogP contribution < -0.4 is 15.4 Å². The first-order valence-corrected chi connectivity index (χ1v) is 7.51. The number of halogens is 2. The van der Waals surface area contributed by atoms with Gasteiger partial charge in [0.2, 0.25) is 0 Å². The third-order valence-electron chi connectivity index (χ3n) is 3.34. The molecule has 0 saturated carbocycles. The molecular weight excluding hydrogens is 319 g/mol. The van der Waals surface area contributed by atoms with Crippen molar-refractivity contribution in [2.45, 2.75) is 13.3 Å². The van der Waals surface area contributed by atoms with Crippen LogP contribution in [-0.4, -0.2) is 19.7 Å². The normalized spacial score (nSPS) is 10.3. The Balaban J connectivity index is 1.89. The molecule has 0 aliphatic heterocycles. The van der Waals surface area contributed by atoms with E-state index in [1.807, 2.05) is 6.92 Å². The van der Waals surface area contributed by atoms with Gasteiger partial charge in [-0.05, 0) is 42.7 Å². The highest BCUT2D eigenvalue weighted by Crippen LogP contribution is 2.30. The first-order chi connectivity index (χ1) is 11.0. The van der Waals surface area contributed by atoms with Gasteiger partial charge < -0.3 is 15.4 Å². The lowest BCUT2D eigenvalue weighted by Gasteiger charge is -2.13. The molecule has 0 unspecified atom stereocenters. The quantitative estimate of drug-likeness (QED) is 0.861. The molecule has 0 atom stereocenters. The van der Waals surface area contributed by atoms with Crippen molar-refractivity contribution in [3.8, 4) is 5.75 Å². The number of carbonyl (C=O) groups excluding carboxylic acids is 1. The van der Waals surface area contributed by atoms with Gasteiger partial charge in [-0.25, -0.2) is 9.18 Å². The summed E-state index contributed by atoms with van der Waals surface area (Å²) in [5.41, 5.74) is 2.34. The summed E-state index contributed by atoms with van der Waals surface area (Å²) in [7, 11) is 1.51. The number of ether oxygens (including phenoxy) is 1. The number of benzene rings is 2. The molecule has 6 heteroatoms. The van der Waals surface area contributed by atoms with Crippen LogP contribution in [0.1, 0.15) is 11.1 Å². The van der Waals surface area contributed by atoms with Crippen molar-refractivity contribution < 1.29 is 13.9 Å². The Hall–Kier alpha value is -2.27. The average Bonchev–Trinajstić information content (AvgIpc) is 2.52. The fourth-order valence-electron chi connectivity index (χ4n) is 2.07. The van der Waals surface area contributed by atoms with Gasteiger partial charge in [-0.3, -0.25) is 0 Å². The van der Waals surface area contributed by atoms with Crippen LogP contribution in [0.15, 0.2) is 36.4 Å². The molecule has 2 rings (SSSR count). The highest BCUT2D eigenvalue weighted by Gasteiger charge is 2.10. The smallest absolute Gasteiger partial charge is 0.319 e. The topological polar surface area (TPSA) is 50.4 Å². The van der Waals surface area contributed by atoms with Gasteiger partial charge in [0.15, 0.2) is 0 Å². The van der Waals surface area contributed by atoms with Crippen LogP contribution in [0.3, 0.4) is 0 Å². The van der Waals surface area contributed by atoms with E-state index in [-0.39, 0.29) is 11.8 Å². The number of methoxy groups -OCH3 is 1. The molecule has 0 aliphatic rings. The maximum Gasteiger partial charge on any atom is 0.319 e. The van der Waals surface area contributed by atoms with Gasteiger partial charge >= 0.3 is 6.03 Å². The molecule has 122 valence electrons. The van der Waals surface area contributed by atoms with Crippen LogP contribution in [0, 0.1) is 12.7 Å². The number of nitrogens with one attached hydrogen (secondary N) is 2. The number of urea groups is 1. The number of hydrogen-bond acceptors (Lipinski definition) is 2. The van der Waals surface area contributed by atoms with Crippen molar-refractivity contribution in [3.63, 3.8) is 0 Å². The van der Waals surface area contributed by atoms with Crippen molar-refractivity contribution in [2.75, 3.05) is 19.0 Å². The monoisotopic (exact) mass is 336 g/mol. The van der Waals surface area contributed by atoms with E-state index < -0.39 is 0 Å². The molecule has 4 nitrogen and oxygen atoms in total. The highest BCUT2D eigenvalue weighted by molar-refractivity contribution is 6.31. The molecule has 0 saturated heterocycles. The van der Waals surface area contributed by atoms with Gasteiger partial charge in [-0.15, -0.1) is 0 Å². The van der Waals surface area contributed by atoms with Crippen LogP contribution >= 0.6 is 11.6 Å². The number of carbonyl (C=O) groups is 1. The predicted molar refractivity (Wildman–Crippen MR) is 89.9 cm³/mol. The molecular formula is C17H18ClFN2O2. The molecule has 0 aliphatic carbocycles. The van der Waals surface area contributed by atoms with E-state index in [2.05, 4.69) is 10.6 Å². The third kappa shape index (κ3) is 4.86. The Morgan fingerprint density at radius 3 is 2.61 bits per heavy atom. The molecule has 0 fully saturated rings. The van der Waals surface area contributed by atoms with Crippen molar-refractivity contribution in [3.05, 3.63) is 58.4 Å². The Bertz CT molecular complexity index is 690. The summed E-state index contributed by atoms with van der Waals surface area (Å²) in [6, 6.07) is 9.26. The zero-order valence-electron chi connectivity index (χ0n) is 13.0. The maximum absolute atomic E-state index is 12.8. The Labute approximate surface area is 139 Å². The van der Waals surface area contributed by atoms with Crippen LogP contribution in [0.4, 0.5) is 14.9 Å². The number of hydrogen-bond donors (Lipinski definition) is 2. The molecule has 23 heavy (non-hydrogen) atoms. The zero-order valence-corrected chi connectivity index (χ0v) is 13.7. The summed E-state index contributed by atoms with van der Waals surface area (Å²) in [6.07, 6.45) is 0.616. The first-order valence-electron chi connectivity index (χ1n) is 7.13. The molecule has 2 N–H and O–H groups in total. The van der Waals surface area contributed by atoms with Gasteiger partial charge in [0.25, 0.3) is 0 Å². The molecule has 0 radical (unpaired) electrons. The minimum Gasteiger partial charge on any atom is -0.495 e. The largest absolute Gasteiger partial charge is 0.495 e. The van der Waals surface area contributed by atoms with E-state index in [1.54, 1.807) is 24.3 Å². The summed E-state index contributed by atoms with van der Waals surface area (Å²) >= 11 is 6.03. The van der Waals surface area contributed by atoms with Crippen molar-refractivity contribution in [2.24, 2.45) is 0 Å². The van der Waals surface area contributed by atoms with Gasteiger partial charge in [0, 0.05) is 17.6 Å². The minimum absolute atomic E-state index is 0.273. The summed E-state index contributed by atoms with van der Waals surface area (Å²) < 4.78 is 18.0. The lowest BCUT2D eigenvalue weighted by Crippen LogP contribution is -2.30. The standard InChI is InChI=1S/C17H18ClFN2O2/c1-11-9-15(16(23-2)10-14(11)18)21-17(22)20-8-7-12-3-5-13(19)6-4-12/h3-6,9-10H,7-8H2,1-2H3,(H2,20,21,22). The predicted octanol–water partition coefficient (Wildman–Crippen LogP) is 4.16. The SMILES string of the molecule is COc1cc(Cl)c(C)cc1NC(=O)NCCc1ccc(F)cc1. The Morgan fingerprint density at radius 1 is 1.26 bits per heavy atom. The molecule has 0 aromatic heterocycles. The second-order valence-corrected chi connectivity index (χ2v) is 5.47. The highest BCUT2D eigenvalue weighted by atomic mass is 35.5. The Kier molecular flexibility index (Phi) is 5.82. The molecule has 2 aromatic carbocycles. The zero-order chi connectivity index (χ0) is 16.8. The number of amides is 2. The molecule has 2 amide bonds. The number of aryl methyl sites for hydroxylation is 1. The number of anilines is 1. The van der Waals surface area contributed by atoms with Crippen LogP contribution in [0.25, 0.3) is 0 Å². The van der Waals surface area contributed by atoms with Gasteiger partial charge in [-0.2, -0.15) is 0 Å². The van der Waals surface area contributed by atoms with Crippen molar-refractivity contribution >= 4 is 23.3 Å².